The van der Waals surface area contributed by atoms with Gasteiger partial charge in [0.2, 0.25) is 5.90 Å². The van der Waals surface area contributed by atoms with Crippen LogP contribution in [0, 0.1) is 16.0 Å². The fourth-order valence-corrected chi connectivity index (χ4v) is 1.63. The molecule has 8 heteroatoms. The number of hydrogen-bond acceptors (Lipinski definition) is 3. The number of rotatable bonds is 4. The predicted octanol–water partition coefficient (Wildman–Crippen LogP) is 2.20. The van der Waals surface area contributed by atoms with Gasteiger partial charge in [0, 0.05) is 10.7 Å². The summed E-state index contributed by atoms with van der Waals surface area (Å²) < 4.78 is 5.34. The molecule has 0 amide bonds. The molecule has 7 nitrogen and oxygen atoms in total. The first kappa shape index (κ1) is 14.3. The summed E-state index contributed by atoms with van der Waals surface area (Å²) in [5.74, 6) is -0.148. The summed E-state index contributed by atoms with van der Waals surface area (Å²) in [5, 5.41) is 13.0. The normalized spacial score (nSPS) is 21.3. The van der Waals surface area contributed by atoms with Crippen molar-refractivity contribution in [3.8, 4) is 0 Å². The third kappa shape index (κ3) is 3.92. The Hall–Kier alpha value is -1.76. The van der Waals surface area contributed by atoms with Crippen molar-refractivity contribution >= 4 is 29.2 Å². The number of allylic oxidation sites excluding steroid dienone is 1. The number of aliphatic imine (C=N–C) groups is 2. The Morgan fingerprint density at radius 3 is 2.83 bits per heavy atom. The Kier molecular flexibility index (Phi) is 4.96. The molecule has 0 N–H and O–H groups in total. The quantitative estimate of drug-likeness (QED) is 0.580. The number of nitro groups is 1. The topological polar surface area (TPSA) is 89.5 Å². The van der Waals surface area contributed by atoms with Crippen molar-refractivity contribution in [3.05, 3.63) is 21.7 Å². The second-order valence-corrected chi connectivity index (χ2v) is 4.08. The van der Waals surface area contributed by atoms with E-state index in [0.717, 1.165) is 0 Å². The highest BCUT2D eigenvalue weighted by Crippen LogP contribution is 2.21. The zero-order valence-corrected chi connectivity index (χ0v) is 10.8. The molecule has 0 saturated carbocycles. The molecule has 1 heterocycles. The molecule has 0 spiro atoms. The first-order valence-corrected chi connectivity index (χ1v) is 5.64. The van der Waals surface area contributed by atoms with E-state index in [1.54, 1.807) is 13.8 Å². The monoisotopic (exact) mass is 272 g/mol. The Morgan fingerprint density at radius 2 is 2.33 bits per heavy atom. The summed E-state index contributed by atoms with van der Waals surface area (Å²) in [6, 6.07) is 0. The lowest BCUT2D eigenvalue weighted by Gasteiger charge is -2.21. The van der Waals surface area contributed by atoms with E-state index >= 15 is 0 Å². The standard InChI is InChI=1S/C10H13ClN4O3/c1-4-18-9-8(5-6(2)11)7(3)12-10(13-9)14-15(16)17/h8H,2,4-5H2,1,3H3. The van der Waals surface area contributed by atoms with Gasteiger partial charge in [-0.3, -0.25) is 0 Å². The number of hydrogen-bond donors (Lipinski definition) is 0. The summed E-state index contributed by atoms with van der Waals surface area (Å²) in [7, 11) is 0. The van der Waals surface area contributed by atoms with E-state index in [9.17, 15) is 10.1 Å². The van der Waals surface area contributed by atoms with Crippen LogP contribution in [-0.4, -0.2) is 29.2 Å². The van der Waals surface area contributed by atoms with Crippen LogP contribution in [0.15, 0.2) is 26.7 Å². The minimum absolute atomic E-state index is 0.225. The van der Waals surface area contributed by atoms with Crippen LogP contribution >= 0.6 is 11.6 Å². The molecule has 0 fully saturated rings. The zero-order chi connectivity index (χ0) is 13.7. The summed E-state index contributed by atoms with van der Waals surface area (Å²) >= 11 is 5.76. The molecule has 0 aromatic rings. The molecule has 0 aromatic heterocycles. The van der Waals surface area contributed by atoms with Gasteiger partial charge in [-0.2, -0.15) is 4.99 Å². The highest BCUT2D eigenvalue weighted by molar-refractivity contribution is 6.29. The fourth-order valence-electron chi connectivity index (χ4n) is 1.47. The van der Waals surface area contributed by atoms with E-state index in [0.29, 0.717) is 29.7 Å². The van der Waals surface area contributed by atoms with Gasteiger partial charge < -0.3 is 4.74 Å². The molecular formula is C10H13ClN4O3. The Balaban J connectivity index is 3.05. The zero-order valence-electron chi connectivity index (χ0n) is 10.1. The number of guanidine groups is 1. The number of halogens is 1. The van der Waals surface area contributed by atoms with Crippen LogP contribution in [-0.2, 0) is 4.74 Å². The van der Waals surface area contributed by atoms with E-state index in [-0.39, 0.29) is 11.9 Å². The van der Waals surface area contributed by atoms with E-state index in [2.05, 4.69) is 21.7 Å². The van der Waals surface area contributed by atoms with E-state index in [1.165, 1.54) is 0 Å². The van der Waals surface area contributed by atoms with Crippen LogP contribution in [0.3, 0.4) is 0 Å². The van der Waals surface area contributed by atoms with Crippen LogP contribution in [0.4, 0.5) is 0 Å². The minimum atomic E-state index is -0.847. The van der Waals surface area contributed by atoms with E-state index < -0.39 is 5.03 Å². The van der Waals surface area contributed by atoms with Crippen molar-refractivity contribution in [1.82, 2.24) is 0 Å². The van der Waals surface area contributed by atoms with Gasteiger partial charge in [-0.15, -0.1) is 0 Å². The third-order valence-electron chi connectivity index (χ3n) is 2.18. The summed E-state index contributed by atoms with van der Waals surface area (Å²) in [6.07, 6.45) is 0.418. The average molecular weight is 273 g/mol. The molecule has 0 saturated heterocycles. The van der Waals surface area contributed by atoms with Gasteiger partial charge in [-0.1, -0.05) is 18.2 Å². The van der Waals surface area contributed by atoms with Gasteiger partial charge in [0.1, 0.15) is 5.10 Å². The maximum Gasteiger partial charge on any atom is 0.323 e. The fraction of sp³-hybridized carbons (Fsp3) is 0.500. The van der Waals surface area contributed by atoms with Crippen LogP contribution in [0.2, 0.25) is 0 Å². The molecule has 1 aliphatic rings. The Morgan fingerprint density at radius 1 is 1.67 bits per heavy atom. The molecule has 0 bridgehead atoms. The maximum atomic E-state index is 10.3. The van der Waals surface area contributed by atoms with Crippen LogP contribution in [0.1, 0.15) is 20.3 Å². The van der Waals surface area contributed by atoms with Crippen LogP contribution < -0.4 is 0 Å². The average Bonchev–Trinajstić information content (AvgIpc) is 2.22. The highest BCUT2D eigenvalue weighted by Gasteiger charge is 2.27. The second-order valence-electron chi connectivity index (χ2n) is 3.55. The van der Waals surface area contributed by atoms with Crippen LogP contribution in [0.25, 0.3) is 0 Å². The minimum Gasteiger partial charge on any atom is -0.480 e. The highest BCUT2D eigenvalue weighted by atomic mass is 35.5. The summed E-state index contributed by atoms with van der Waals surface area (Å²) in [4.78, 5) is 18.2. The largest absolute Gasteiger partial charge is 0.480 e. The molecule has 0 aromatic carbocycles. The first-order chi connectivity index (χ1) is 8.43. The molecule has 1 rings (SSSR count). The second kappa shape index (κ2) is 6.25. The SMILES string of the molecule is C=C(Cl)CC1C(C)=NC(=N[N+](=O)[O-])N=C1OCC. The Labute approximate surface area is 109 Å². The molecular weight excluding hydrogens is 260 g/mol. The van der Waals surface area contributed by atoms with Gasteiger partial charge in [0.25, 0.3) is 0 Å². The van der Waals surface area contributed by atoms with Gasteiger partial charge in [0.05, 0.1) is 12.5 Å². The van der Waals surface area contributed by atoms with E-state index in [1.807, 2.05) is 0 Å². The summed E-state index contributed by atoms with van der Waals surface area (Å²) in [6.45, 7) is 7.51. The molecule has 1 unspecified atom stereocenters. The van der Waals surface area contributed by atoms with Gasteiger partial charge in [-0.05, 0) is 20.3 Å². The number of hydrazone groups is 1. The van der Waals surface area contributed by atoms with Crippen molar-refractivity contribution in [3.63, 3.8) is 0 Å². The molecule has 18 heavy (non-hydrogen) atoms. The molecule has 98 valence electrons. The lowest BCUT2D eigenvalue weighted by atomic mass is 9.99. The lowest BCUT2D eigenvalue weighted by Crippen LogP contribution is -2.30. The third-order valence-corrected chi connectivity index (χ3v) is 2.33. The molecule has 1 aliphatic heterocycles. The van der Waals surface area contributed by atoms with Crippen molar-refractivity contribution in [2.75, 3.05) is 6.61 Å². The maximum absolute atomic E-state index is 10.3. The first-order valence-electron chi connectivity index (χ1n) is 5.26. The number of ether oxygens (including phenoxy) is 1. The predicted molar refractivity (Wildman–Crippen MR) is 69.7 cm³/mol. The van der Waals surface area contributed by atoms with Crippen LogP contribution in [0.5, 0.6) is 0 Å². The van der Waals surface area contributed by atoms with Gasteiger partial charge in [0.15, 0.2) is 5.03 Å². The number of nitrogens with zero attached hydrogens (tertiary/aromatic N) is 4. The van der Waals surface area contributed by atoms with E-state index in [4.69, 9.17) is 16.3 Å². The van der Waals surface area contributed by atoms with Gasteiger partial charge in [-0.25, -0.2) is 15.1 Å². The summed E-state index contributed by atoms with van der Waals surface area (Å²) in [5.41, 5.74) is 0.607. The van der Waals surface area contributed by atoms with Crippen molar-refractivity contribution in [2.24, 2.45) is 21.0 Å². The molecule has 1 atom stereocenters. The Bertz CT molecular complexity index is 456. The lowest BCUT2D eigenvalue weighted by molar-refractivity contribution is -0.485. The van der Waals surface area contributed by atoms with Crippen molar-refractivity contribution in [2.45, 2.75) is 20.3 Å². The van der Waals surface area contributed by atoms with Crippen molar-refractivity contribution < 1.29 is 9.77 Å². The molecule has 0 radical (unpaired) electrons. The molecule has 0 aliphatic carbocycles. The van der Waals surface area contributed by atoms with Gasteiger partial charge >= 0.3 is 5.96 Å². The van der Waals surface area contributed by atoms with Crippen molar-refractivity contribution in [1.29, 1.82) is 0 Å². The smallest absolute Gasteiger partial charge is 0.323 e.